The number of imidazole rings is 1. The lowest BCUT2D eigenvalue weighted by molar-refractivity contribution is 0.894. The molecule has 10 heavy (non-hydrogen) atoms. The topological polar surface area (TPSA) is 41.0 Å². The van der Waals surface area contributed by atoms with Gasteiger partial charge in [0.2, 0.25) is 0 Å². The van der Waals surface area contributed by atoms with Crippen LogP contribution in [0, 0.1) is 0 Å². The normalized spacial score (nSPS) is 22.2. The van der Waals surface area contributed by atoms with Crippen LogP contribution in [0.5, 0.6) is 0 Å². The number of hydrogen-bond donors (Lipinski definition) is 1. The second-order valence-corrected chi connectivity index (χ2v) is 2.13. The predicted octanol–water partition coefficient (Wildman–Crippen LogP) is 1.09. The molecule has 0 amide bonds. The summed E-state index contributed by atoms with van der Waals surface area (Å²) in [4.78, 5) is 11.1. The van der Waals surface area contributed by atoms with E-state index in [2.05, 4.69) is 15.0 Å². The van der Waals surface area contributed by atoms with Gasteiger partial charge in [-0.2, -0.15) is 0 Å². The zero-order valence-electron chi connectivity index (χ0n) is 5.36. The van der Waals surface area contributed by atoms with E-state index < -0.39 is 0 Å². The highest BCUT2D eigenvalue weighted by atomic mass is 14.9. The maximum absolute atomic E-state index is 4.17. The third kappa shape index (κ3) is 0.757. The van der Waals surface area contributed by atoms with Gasteiger partial charge >= 0.3 is 0 Å². The molecule has 1 aliphatic rings. The first-order chi connectivity index (χ1) is 4.97. The Morgan fingerprint density at radius 2 is 2.50 bits per heavy atom. The van der Waals surface area contributed by atoms with E-state index >= 15 is 0 Å². The number of nitrogens with zero attached hydrogens (tertiary/aromatic N) is 2. The van der Waals surface area contributed by atoms with Crippen molar-refractivity contribution in [1.82, 2.24) is 9.97 Å². The van der Waals surface area contributed by atoms with Gasteiger partial charge in [0.05, 0.1) is 18.2 Å². The highest BCUT2D eigenvalue weighted by Gasteiger charge is 2.07. The van der Waals surface area contributed by atoms with Crippen LogP contribution in [0.1, 0.15) is 11.7 Å². The summed E-state index contributed by atoms with van der Waals surface area (Å²) in [6.07, 6.45) is 9.21. The monoisotopic (exact) mass is 133 g/mol. The summed E-state index contributed by atoms with van der Waals surface area (Å²) in [5.41, 5.74) is 1.05. The fourth-order valence-corrected chi connectivity index (χ4v) is 0.959. The van der Waals surface area contributed by atoms with Crippen molar-refractivity contribution in [2.45, 2.75) is 6.04 Å². The Morgan fingerprint density at radius 3 is 3.10 bits per heavy atom. The summed E-state index contributed by atoms with van der Waals surface area (Å²) < 4.78 is 0. The molecule has 1 N–H and O–H groups in total. The van der Waals surface area contributed by atoms with Crippen LogP contribution in [-0.2, 0) is 0 Å². The molecule has 0 saturated carbocycles. The van der Waals surface area contributed by atoms with Crippen molar-refractivity contribution in [2.24, 2.45) is 4.99 Å². The second-order valence-electron chi connectivity index (χ2n) is 2.13. The van der Waals surface area contributed by atoms with E-state index in [1.54, 1.807) is 18.7 Å². The van der Waals surface area contributed by atoms with Gasteiger partial charge in [-0.05, 0) is 6.08 Å². The summed E-state index contributed by atoms with van der Waals surface area (Å²) in [6, 6.07) is 0.169. The first kappa shape index (κ1) is 5.41. The molecule has 0 aliphatic carbocycles. The highest BCUT2D eigenvalue weighted by molar-refractivity contribution is 5.74. The van der Waals surface area contributed by atoms with Crippen molar-refractivity contribution >= 4 is 6.21 Å². The molecule has 0 spiro atoms. The molecule has 1 aliphatic heterocycles. The van der Waals surface area contributed by atoms with Crippen LogP contribution in [0.15, 0.2) is 29.7 Å². The van der Waals surface area contributed by atoms with Gasteiger partial charge in [0.25, 0.3) is 0 Å². The largest absolute Gasteiger partial charge is 0.346 e. The zero-order chi connectivity index (χ0) is 6.81. The molecule has 50 valence electrons. The Labute approximate surface area is 58.5 Å². The van der Waals surface area contributed by atoms with Crippen molar-refractivity contribution < 1.29 is 0 Å². The van der Waals surface area contributed by atoms with Gasteiger partial charge in [0.15, 0.2) is 0 Å². The lowest BCUT2D eigenvalue weighted by atomic mass is 10.2. The Bertz CT molecular complexity index is 246. The molecule has 2 rings (SSSR count). The standard InChI is InChI=1S/C7H7N3/c1-2-6(9-3-1)7-4-8-5-10-7/h1-6H,(H,8,10). The van der Waals surface area contributed by atoms with Gasteiger partial charge < -0.3 is 4.98 Å². The summed E-state index contributed by atoms with van der Waals surface area (Å²) in [6.45, 7) is 0. The van der Waals surface area contributed by atoms with Crippen molar-refractivity contribution in [1.29, 1.82) is 0 Å². The number of aromatic nitrogens is 2. The van der Waals surface area contributed by atoms with Crippen LogP contribution in [0.25, 0.3) is 0 Å². The van der Waals surface area contributed by atoms with E-state index in [0.29, 0.717) is 0 Å². The van der Waals surface area contributed by atoms with Gasteiger partial charge in [-0.25, -0.2) is 4.98 Å². The van der Waals surface area contributed by atoms with Gasteiger partial charge in [-0.15, -0.1) is 0 Å². The third-order valence-corrected chi connectivity index (χ3v) is 1.46. The number of rotatable bonds is 1. The molecule has 1 aromatic heterocycles. The highest BCUT2D eigenvalue weighted by Crippen LogP contribution is 2.17. The minimum absolute atomic E-state index is 0.169. The summed E-state index contributed by atoms with van der Waals surface area (Å²) >= 11 is 0. The molecule has 1 unspecified atom stereocenters. The summed E-state index contributed by atoms with van der Waals surface area (Å²) in [7, 11) is 0. The van der Waals surface area contributed by atoms with Crippen molar-refractivity contribution in [3.63, 3.8) is 0 Å². The van der Waals surface area contributed by atoms with E-state index in [1.165, 1.54) is 0 Å². The Kier molecular flexibility index (Phi) is 1.13. The quantitative estimate of drug-likeness (QED) is 0.612. The zero-order valence-corrected chi connectivity index (χ0v) is 5.36. The molecule has 3 nitrogen and oxygen atoms in total. The van der Waals surface area contributed by atoms with Crippen LogP contribution < -0.4 is 0 Å². The molecule has 1 atom stereocenters. The van der Waals surface area contributed by atoms with Crippen molar-refractivity contribution in [3.05, 3.63) is 30.4 Å². The van der Waals surface area contributed by atoms with Gasteiger partial charge in [0.1, 0.15) is 6.04 Å². The van der Waals surface area contributed by atoms with Gasteiger partial charge in [-0.1, -0.05) is 6.08 Å². The number of aromatic amines is 1. The molecule has 0 fully saturated rings. The molecular formula is C7H7N3. The molecule has 0 aromatic carbocycles. The minimum atomic E-state index is 0.169. The SMILES string of the molecule is C1=CC(c2cnc[nH]2)N=C1. The van der Waals surface area contributed by atoms with Gasteiger partial charge in [0, 0.05) is 6.21 Å². The van der Waals surface area contributed by atoms with Crippen molar-refractivity contribution in [3.8, 4) is 0 Å². The number of hydrogen-bond acceptors (Lipinski definition) is 2. The molecule has 2 heterocycles. The first-order valence-electron chi connectivity index (χ1n) is 3.15. The lowest BCUT2D eigenvalue weighted by Gasteiger charge is -1.97. The molecule has 1 aromatic rings. The van der Waals surface area contributed by atoms with E-state index in [-0.39, 0.29) is 6.04 Å². The summed E-state index contributed by atoms with van der Waals surface area (Å²) in [5.74, 6) is 0. The lowest BCUT2D eigenvalue weighted by Crippen LogP contribution is -1.86. The number of H-pyrrole nitrogens is 1. The smallest absolute Gasteiger partial charge is 0.110 e. The van der Waals surface area contributed by atoms with Crippen molar-refractivity contribution in [2.75, 3.05) is 0 Å². The second kappa shape index (κ2) is 2.10. The van der Waals surface area contributed by atoms with Crippen LogP contribution in [-0.4, -0.2) is 16.2 Å². The van der Waals surface area contributed by atoms with E-state index in [9.17, 15) is 0 Å². The van der Waals surface area contributed by atoms with E-state index in [1.807, 2.05) is 12.2 Å². The first-order valence-corrected chi connectivity index (χ1v) is 3.15. The molecule has 0 radical (unpaired) electrons. The fraction of sp³-hybridized carbons (Fsp3) is 0.143. The van der Waals surface area contributed by atoms with Crippen LogP contribution in [0.3, 0.4) is 0 Å². The Hall–Kier alpha value is -1.38. The maximum atomic E-state index is 4.17. The molecular weight excluding hydrogens is 126 g/mol. The Morgan fingerprint density at radius 1 is 1.50 bits per heavy atom. The molecule has 3 heteroatoms. The average molecular weight is 133 g/mol. The third-order valence-electron chi connectivity index (χ3n) is 1.46. The van der Waals surface area contributed by atoms with Crippen LogP contribution in [0.2, 0.25) is 0 Å². The van der Waals surface area contributed by atoms with Crippen LogP contribution in [0.4, 0.5) is 0 Å². The average Bonchev–Trinajstić information content (AvgIpc) is 2.59. The Balaban J connectivity index is 2.29. The van der Waals surface area contributed by atoms with E-state index in [0.717, 1.165) is 5.69 Å². The maximum Gasteiger partial charge on any atom is 0.110 e. The fourth-order valence-electron chi connectivity index (χ4n) is 0.959. The summed E-state index contributed by atoms with van der Waals surface area (Å²) in [5, 5.41) is 0. The predicted molar refractivity (Wildman–Crippen MR) is 39.0 cm³/mol. The number of aliphatic imine (C=N–C) groups is 1. The number of nitrogens with one attached hydrogen (secondary N) is 1. The van der Waals surface area contributed by atoms with E-state index in [4.69, 9.17) is 0 Å². The van der Waals surface area contributed by atoms with Crippen LogP contribution >= 0.6 is 0 Å². The molecule has 0 bridgehead atoms. The number of allylic oxidation sites excluding steroid dienone is 1. The molecule has 0 saturated heterocycles. The minimum Gasteiger partial charge on any atom is -0.346 e. The van der Waals surface area contributed by atoms with Gasteiger partial charge in [-0.3, -0.25) is 4.99 Å².